The standard InChI is InChI=1S/C23H37NO6/c1-7-28-20(21(25)26)16-18-8-10-19(11-9-18)29-15-14-24(13-12-23(4,5)6)22(27)30-17(2)3/h8-11,17,20H,7,12-16H2,1-6H3,(H,25,26). The summed E-state index contributed by atoms with van der Waals surface area (Å²) < 4.78 is 16.4. The van der Waals surface area contributed by atoms with Crippen LogP contribution in [0.1, 0.15) is 53.5 Å². The van der Waals surface area contributed by atoms with E-state index < -0.39 is 12.1 Å². The lowest BCUT2D eigenvalue weighted by Crippen LogP contribution is -2.38. The summed E-state index contributed by atoms with van der Waals surface area (Å²) in [7, 11) is 0. The molecule has 0 saturated heterocycles. The predicted molar refractivity (Wildman–Crippen MR) is 116 cm³/mol. The Kier molecular flexibility index (Phi) is 10.7. The van der Waals surface area contributed by atoms with Crippen molar-refractivity contribution in [3.63, 3.8) is 0 Å². The molecule has 1 aromatic rings. The first kappa shape index (κ1) is 25.8. The van der Waals surface area contributed by atoms with E-state index >= 15 is 0 Å². The lowest BCUT2D eigenvalue weighted by molar-refractivity contribution is -0.149. The van der Waals surface area contributed by atoms with Crippen LogP contribution in [0, 0.1) is 5.41 Å². The van der Waals surface area contributed by atoms with Gasteiger partial charge < -0.3 is 24.2 Å². The van der Waals surface area contributed by atoms with Gasteiger partial charge in [0.15, 0.2) is 6.10 Å². The normalized spacial score (nSPS) is 12.5. The number of carboxylic acid groups (broad SMARTS) is 1. The Labute approximate surface area is 180 Å². The van der Waals surface area contributed by atoms with Crippen LogP contribution in [0.15, 0.2) is 24.3 Å². The molecular formula is C23H37NO6. The molecule has 7 heteroatoms. The van der Waals surface area contributed by atoms with Crippen LogP contribution in [-0.2, 0) is 20.7 Å². The molecule has 1 aromatic carbocycles. The van der Waals surface area contributed by atoms with Gasteiger partial charge in [0.25, 0.3) is 0 Å². The second-order valence-electron chi connectivity index (χ2n) is 8.71. The van der Waals surface area contributed by atoms with Crippen LogP contribution >= 0.6 is 0 Å². The minimum Gasteiger partial charge on any atom is -0.492 e. The second-order valence-corrected chi connectivity index (χ2v) is 8.71. The highest BCUT2D eigenvalue weighted by atomic mass is 16.6. The van der Waals surface area contributed by atoms with Crippen LogP contribution in [0.4, 0.5) is 4.79 Å². The quantitative estimate of drug-likeness (QED) is 0.537. The topological polar surface area (TPSA) is 85.3 Å². The smallest absolute Gasteiger partial charge is 0.410 e. The number of carbonyl (C=O) groups is 2. The number of rotatable bonds is 12. The van der Waals surface area contributed by atoms with Crippen molar-refractivity contribution in [2.75, 3.05) is 26.3 Å². The van der Waals surface area contributed by atoms with Gasteiger partial charge in [-0.1, -0.05) is 32.9 Å². The molecule has 0 aliphatic carbocycles. The predicted octanol–water partition coefficient (Wildman–Crippen LogP) is 4.38. The SMILES string of the molecule is CCOC(Cc1ccc(OCCN(CCC(C)(C)C)C(=O)OC(C)C)cc1)C(=O)O. The molecule has 0 bridgehead atoms. The number of carbonyl (C=O) groups excluding carboxylic acids is 1. The fraction of sp³-hybridized carbons (Fsp3) is 0.652. The third-order valence-corrected chi connectivity index (χ3v) is 4.34. The molecule has 1 N–H and O–H groups in total. The molecule has 1 amide bonds. The van der Waals surface area contributed by atoms with Crippen LogP contribution < -0.4 is 4.74 Å². The largest absolute Gasteiger partial charge is 0.492 e. The number of carboxylic acids is 1. The Morgan fingerprint density at radius 2 is 1.73 bits per heavy atom. The Hall–Kier alpha value is -2.28. The number of aliphatic carboxylic acids is 1. The summed E-state index contributed by atoms with van der Waals surface area (Å²) in [6, 6.07) is 7.25. The van der Waals surface area contributed by atoms with Crippen molar-refractivity contribution in [3.8, 4) is 5.75 Å². The van der Waals surface area contributed by atoms with E-state index in [2.05, 4.69) is 20.8 Å². The van der Waals surface area contributed by atoms with E-state index in [-0.39, 0.29) is 17.6 Å². The van der Waals surface area contributed by atoms with Crippen molar-refractivity contribution >= 4 is 12.1 Å². The summed E-state index contributed by atoms with van der Waals surface area (Å²) in [5, 5.41) is 9.19. The third-order valence-electron chi connectivity index (χ3n) is 4.34. The maximum absolute atomic E-state index is 12.4. The molecule has 0 spiro atoms. The van der Waals surface area contributed by atoms with Crippen LogP contribution in [0.2, 0.25) is 0 Å². The molecule has 170 valence electrons. The van der Waals surface area contributed by atoms with Gasteiger partial charge in [0.1, 0.15) is 12.4 Å². The van der Waals surface area contributed by atoms with Crippen molar-refractivity contribution in [2.24, 2.45) is 5.41 Å². The Morgan fingerprint density at radius 3 is 2.23 bits per heavy atom. The van der Waals surface area contributed by atoms with E-state index in [4.69, 9.17) is 14.2 Å². The van der Waals surface area contributed by atoms with Gasteiger partial charge in [-0.05, 0) is 50.3 Å². The van der Waals surface area contributed by atoms with E-state index in [9.17, 15) is 14.7 Å². The Morgan fingerprint density at radius 1 is 1.10 bits per heavy atom. The van der Waals surface area contributed by atoms with Crippen molar-refractivity contribution in [3.05, 3.63) is 29.8 Å². The first-order chi connectivity index (χ1) is 14.0. The molecule has 0 aromatic heterocycles. The highest BCUT2D eigenvalue weighted by molar-refractivity contribution is 5.72. The zero-order valence-corrected chi connectivity index (χ0v) is 19.1. The third kappa shape index (κ3) is 10.5. The lowest BCUT2D eigenvalue weighted by atomic mass is 9.92. The van der Waals surface area contributed by atoms with Gasteiger partial charge in [-0.15, -0.1) is 0 Å². The summed E-state index contributed by atoms with van der Waals surface area (Å²) in [5.74, 6) is -0.309. The first-order valence-electron chi connectivity index (χ1n) is 10.5. The van der Waals surface area contributed by atoms with Crippen molar-refractivity contribution in [2.45, 2.75) is 66.6 Å². The summed E-state index contributed by atoms with van der Waals surface area (Å²) in [6.45, 7) is 13.6. The van der Waals surface area contributed by atoms with Gasteiger partial charge in [-0.25, -0.2) is 9.59 Å². The molecule has 0 aliphatic rings. The molecular weight excluding hydrogens is 386 g/mol. The van der Waals surface area contributed by atoms with Crippen LogP contribution in [0.25, 0.3) is 0 Å². The Bertz CT molecular complexity index is 651. The summed E-state index contributed by atoms with van der Waals surface area (Å²) >= 11 is 0. The molecule has 30 heavy (non-hydrogen) atoms. The lowest BCUT2D eigenvalue weighted by Gasteiger charge is -2.27. The Balaban J connectivity index is 2.60. The molecule has 0 radical (unpaired) electrons. The highest BCUT2D eigenvalue weighted by Gasteiger charge is 2.20. The fourth-order valence-corrected chi connectivity index (χ4v) is 2.67. The summed E-state index contributed by atoms with van der Waals surface area (Å²) in [6.07, 6.45) is -0.201. The van der Waals surface area contributed by atoms with E-state index in [1.54, 1.807) is 24.0 Å². The molecule has 1 rings (SSSR count). The molecule has 0 fully saturated rings. The van der Waals surface area contributed by atoms with Crippen molar-refractivity contribution in [1.82, 2.24) is 4.90 Å². The summed E-state index contributed by atoms with van der Waals surface area (Å²) in [4.78, 5) is 25.2. The minimum atomic E-state index is -0.971. The zero-order valence-electron chi connectivity index (χ0n) is 19.1. The van der Waals surface area contributed by atoms with Gasteiger partial charge in [-0.3, -0.25) is 0 Å². The van der Waals surface area contributed by atoms with Crippen molar-refractivity contribution < 1.29 is 28.9 Å². The van der Waals surface area contributed by atoms with Gasteiger partial charge in [0.05, 0.1) is 12.6 Å². The molecule has 7 nitrogen and oxygen atoms in total. The maximum Gasteiger partial charge on any atom is 0.410 e. The van der Waals surface area contributed by atoms with Crippen LogP contribution in [0.3, 0.4) is 0 Å². The van der Waals surface area contributed by atoms with Gasteiger partial charge in [-0.2, -0.15) is 0 Å². The van der Waals surface area contributed by atoms with Crippen LogP contribution in [0.5, 0.6) is 5.75 Å². The minimum absolute atomic E-state index is 0.113. The second kappa shape index (κ2) is 12.4. The van der Waals surface area contributed by atoms with E-state index in [0.29, 0.717) is 38.5 Å². The maximum atomic E-state index is 12.4. The van der Waals surface area contributed by atoms with E-state index in [1.165, 1.54) is 0 Å². The van der Waals surface area contributed by atoms with Gasteiger partial charge in [0.2, 0.25) is 0 Å². The number of nitrogens with zero attached hydrogens (tertiary/aromatic N) is 1. The van der Waals surface area contributed by atoms with Gasteiger partial charge >= 0.3 is 12.1 Å². The number of hydrogen-bond acceptors (Lipinski definition) is 5. The number of ether oxygens (including phenoxy) is 3. The molecule has 0 heterocycles. The number of benzene rings is 1. The summed E-state index contributed by atoms with van der Waals surface area (Å²) in [5.41, 5.74) is 0.970. The average molecular weight is 424 g/mol. The van der Waals surface area contributed by atoms with Crippen LogP contribution in [-0.4, -0.2) is 60.6 Å². The fourth-order valence-electron chi connectivity index (χ4n) is 2.67. The molecule has 0 saturated carbocycles. The average Bonchev–Trinajstić information content (AvgIpc) is 2.63. The monoisotopic (exact) mass is 423 g/mol. The zero-order chi connectivity index (χ0) is 22.7. The molecule has 0 aliphatic heterocycles. The first-order valence-corrected chi connectivity index (χ1v) is 10.5. The number of amides is 1. The van der Waals surface area contributed by atoms with E-state index in [0.717, 1.165) is 12.0 Å². The van der Waals surface area contributed by atoms with Crippen molar-refractivity contribution in [1.29, 1.82) is 0 Å². The molecule has 1 unspecified atom stereocenters. The van der Waals surface area contributed by atoms with Gasteiger partial charge in [0, 0.05) is 19.6 Å². The van der Waals surface area contributed by atoms with E-state index in [1.807, 2.05) is 26.0 Å². The molecule has 1 atom stereocenters. The highest BCUT2D eigenvalue weighted by Crippen LogP contribution is 2.19. The number of hydrogen-bond donors (Lipinski definition) is 1.